The summed E-state index contributed by atoms with van der Waals surface area (Å²) in [7, 11) is 0. The number of carbonyl (C=O) groups excluding carboxylic acids is 2. The molecule has 0 rings (SSSR count). The number of hydrogen-bond acceptors (Lipinski definition) is 4. The largest absolute Gasteiger partial charge is 0.462 e. The van der Waals surface area contributed by atoms with E-state index in [1.165, 1.54) is 38.5 Å². The van der Waals surface area contributed by atoms with Crippen molar-refractivity contribution >= 4 is 11.9 Å². The Labute approximate surface area is 173 Å². The van der Waals surface area contributed by atoms with Gasteiger partial charge >= 0.3 is 11.9 Å². The Hall–Kier alpha value is -1.32. The van der Waals surface area contributed by atoms with E-state index in [0.29, 0.717) is 37.2 Å². The molecule has 0 heterocycles. The zero-order valence-corrected chi connectivity index (χ0v) is 18.9. The molecular weight excluding hydrogens is 352 g/mol. The number of ether oxygens (including phenoxy) is 2. The van der Waals surface area contributed by atoms with Crippen LogP contribution in [0.3, 0.4) is 0 Å². The fourth-order valence-corrected chi connectivity index (χ4v) is 3.09. The minimum Gasteiger partial charge on any atom is -0.462 e. The summed E-state index contributed by atoms with van der Waals surface area (Å²) in [6, 6.07) is 0. The van der Waals surface area contributed by atoms with E-state index in [0.717, 1.165) is 38.5 Å². The van der Waals surface area contributed by atoms with Gasteiger partial charge in [0.15, 0.2) is 0 Å². The number of carbonyl (C=O) groups is 2. The van der Waals surface area contributed by atoms with Crippen LogP contribution in [0.15, 0.2) is 11.1 Å². The average Bonchev–Trinajstić information content (AvgIpc) is 2.69. The first-order valence-electron chi connectivity index (χ1n) is 11.7. The lowest BCUT2D eigenvalue weighted by Gasteiger charge is -2.14. The molecule has 0 amide bonds. The van der Waals surface area contributed by atoms with Crippen molar-refractivity contribution in [3.63, 3.8) is 0 Å². The van der Waals surface area contributed by atoms with Crippen LogP contribution in [0.4, 0.5) is 0 Å². The maximum Gasteiger partial charge on any atom is 0.334 e. The summed E-state index contributed by atoms with van der Waals surface area (Å²) in [5.41, 5.74) is 1.03. The molecule has 0 saturated heterocycles. The van der Waals surface area contributed by atoms with Crippen molar-refractivity contribution in [2.24, 2.45) is 0 Å². The van der Waals surface area contributed by atoms with Crippen molar-refractivity contribution < 1.29 is 19.1 Å². The maximum absolute atomic E-state index is 12.6. The Kier molecular flexibility index (Phi) is 18.1. The number of unbranched alkanes of at least 4 members (excludes halogenated alkanes) is 9. The van der Waals surface area contributed by atoms with Crippen LogP contribution in [-0.4, -0.2) is 25.2 Å². The highest BCUT2D eigenvalue weighted by molar-refractivity contribution is 6.00. The zero-order valence-electron chi connectivity index (χ0n) is 18.9. The molecule has 0 unspecified atom stereocenters. The van der Waals surface area contributed by atoms with Crippen LogP contribution >= 0.6 is 0 Å². The van der Waals surface area contributed by atoms with Crippen molar-refractivity contribution in [1.82, 2.24) is 0 Å². The normalized spacial score (nSPS) is 11.9. The predicted molar refractivity (Wildman–Crippen MR) is 116 cm³/mol. The van der Waals surface area contributed by atoms with Gasteiger partial charge in [-0.15, -0.1) is 0 Å². The summed E-state index contributed by atoms with van der Waals surface area (Å²) in [4.78, 5) is 25.1. The quantitative estimate of drug-likeness (QED) is 0.143. The summed E-state index contributed by atoms with van der Waals surface area (Å²) in [5.74, 6) is -0.682. The first-order valence-corrected chi connectivity index (χ1v) is 11.7. The minimum absolute atomic E-state index is 0.333. The summed E-state index contributed by atoms with van der Waals surface area (Å²) >= 11 is 0. The second kappa shape index (κ2) is 19.0. The van der Waals surface area contributed by atoms with E-state index in [-0.39, 0.29) is 11.9 Å². The van der Waals surface area contributed by atoms with Crippen molar-refractivity contribution in [1.29, 1.82) is 0 Å². The lowest BCUT2D eigenvalue weighted by Crippen LogP contribution is -2.17. The molecule has 0 aliphatic carbocycles. The molecule has 0 spiro atoms. The van der Waals surface area contributed by atoms with Gasteiger partial charge in [-0.25, -0.2) is 9.59 Å². The SMILES string of the molecule is CCCCCCCCCC/C(C(=O)OCCCC)=C(\CC)C(=O)OCCCC. The van der Waals surface area contributed by atoms with Gasteiger partial charge in [0.1, 0.15) is 0 Å². The van der Waals surface area contributed by atoms with E-state index in [1.807, 2.05) is 6.92 Å². The molecule has 0 N–H and O–H groups in total. The molecule has 0 saturated carbocycles. The zero-order chi connectivity index (χ0) is 21.0. The van der Waals surface area contributed by atoms with Gasteiger partial charge in [-0.3, -0.25) is 0 Å². The maximum atomic E-state index is 12.6. The van der Waals surface area contributed by atoms with Crippen molar-refractivity contribution in [3.05, 3.63) is 11.1 Å². The lowest BCUT2D eigenvalue weighted by atomic mass is 9.98. The summed E-state index contributed by atoms with van der Waals surface area (Å²) in [6.45, 7) is 9.08. The topological polar surface area (TPSA) is 52.6 Å². The van der Waals surface area contributed by atoms with Crippen LogP contribution in [0.25, 0.3) is 0 Å². The van der Waals surface area contributed by atoms with Crippen LogP contribution in [0.2, 0.25) is 0 Å². The highest BCUT2D eigenvalue weighted by Crippen LogP contribution is 2.21. The fraction of sp³-hybridized carbons (Fsp3) is 0.833. The Morgan fingerprint density at radius 1 is 0.536 bits per heavy atom. The minimum atomic E-state index is -0.349. The summed E-state index contributed by atoms with van der Waals surface area (Å²) in [5, 5.41) is 0. The van der Waals surface area contributed by atoms with Crippen molar-refractivity contribution in [3.8, 4) is 0 Å². The van der Waals surface area contributed by atoms with Crippen molar-refractivity contribution in [2.45, 2.75) is 118 Å². The van der Waals surface area contributed by atoms with E-state index in [2.05, 4.69) is 20.8 Å². The molecule has 0 aliphatic rings. The molecule has 0 bridgehead atoms. The molecule has 4 heteroatoms. The Balaban J connectivity index is 4.77. The fourth-order valence-electron chi connectivity index (χ4n) is 3.09. The molecule has 0 aromatic heterocycles. The van der Waals surface area contributed by atoms with E-state index in [1.54, 1.807) is 0 Å². The Bertz CT molecular complexity index is 440. The van der Waals surface area contributed by atoms with E-state index in [4.69, 9.17) is 9.47 Å². The van der Waals surface area contributed by atoms with E-state index in [9.17, 15) is 9.59 Å². The van der Waals surface area contributed by atoms with Crippen LogP contribution < -0.4 is 0 Å². The highest BCUT2D eigenvalue weighted by Gasteiger charge is 2.21. The molecule has 0 aromatic carbocycles. The first-order chi connectivity index (χ1) is 13.6. The Morgan fingerprint density at radius 3 is 1.43 bits per heavy atom. The van der Waals surface area contributed by atoms with Crippen LogP contribution in [0.5, 0.6) is 0 Å². The van der Waals surface area contributed by atoms with Gasteiger partial charge in [-0.2, -0.15) is 0 Å². The molecule has 0 radical (unpaired) electrons. The molecule has 164 valence electrons. The molecule has 28 heavy (non-hydrogen) atoms. The van der Waals surface area contributed by atoms with Gasteiger partial charge in [0.25, 0.3) is 0 Å². The number of rotatable bonds is 18. The van der Waals surface area contributed by atoms with Crippen LogP contribution in [-0.2, 0) is 19.1 Å². The second-order valence-corrected chi connectivity index (χ2v) is 7.51. The predicted octanol–water partition coefficient (Wildman–Crippen LogP) is 6.91. The number of esters is 2. The van der Waals surface area contributed by atoms with E-state index < -0.39 is 0 Å². The molecule has 4 nitrogen and oxygen atoms in total. The van der Waals surface area contributed by atoms with Gasteiger partial charge < -0.3 is 9.47 Å². The monoisotopic (exact) mass is 396 g/mol. The Morgan fingerprint density at radius 2 is 0.964 bits per heavy atom. The summed E-state index contributed by atoms with van der Waals surface area (Å²) in [6.07, 6.45) is 14.4. The van der Waals surface area contributed by atoms with E-state index >= 15 is 0 Å². The third-order valence-electron chi connectivity index (χ3n) is 4.95. The van der Waals surface area contributed by atoms with Crippen LogP contribution in [0, 0.1) is 0 Å². The van der Waals surface area contributed by atoms with Gasteiger partial charge in [-0.05, 0) is 32.1 Å². The summed E-state index contributed by atoms with van der Waals surface area (Å²) < 4.78 is 10.8. The molecule has 0 fully saturated rings. The third kappa shape index (κ3) is 13.0. The van der Waals surface area contributed by atoms with Gasteiger partial charge in [0, 0.05) is 11.1 Å². The molecule has 0 atom stereocenters. The molecule has 0 aromatic rings. The van der Waals surface area contributed by atoms with Gasteiger partial charge in [0.2, 0.25) is 0 Å². The van der Waals surface area contributed by atoms with Gasteiger partial charge in [-0.1, -0.05) is 85.5 Å². The van der Waals surface area contributed by atoms with Gasteiger partial charge in [0.05, 0.1) is 13.2 Å². The first kappa shape index (κ1) is 26.7. The smallest absolute Gasteiger partial charge is 0.334 e. The highest BCUT2D eigenvalue weighted by atomic mass is 16.5. The lowest BCUT2D eigenvalue weighted by molar-refractivity contribution is -0.142. The number of hydrogen-bond donors (Lipinski definition) is 0. The average molecular weight is 397 g/mol. The third-order valence-corrected chi connectivity index (χ3v) is 4.95. The molecular formula is C24H44O4. The standard InChI is InChI=1S/C24H44O4/c1-5-9-12-13-14-15-16-17-18-22(24(26)28-20-11-7-3)21(8-4)23(25)27-19-10-6-2/h5-20H2,1-4H3/b22-21-. The molecule has 0 aliphatic heterocycles. The van der Waals surface area contributed by atoms with Crippen molar-refractivity contribution in [2.75, 3.05) is 13.2 Å². The van der Waals surface area contributed by atoms with Crippen LogP contribution in [0.1, 0.15) is 118 Å². The second-order valence-electron chi connectivity index (χ2n) is 7.51.